The predicted octanol–water partition coefficient (Wildman–Crippen LogP) is 5.39. The predicted molar refractivity (Wildman–Crippen MR) is 133 cm³/mol. The lowest BCUT2D eigenvalue weighted by Crippen LogP contribution is -2.37. The first-order valence-corrected chi connectivity index (χ1v) is 11.6. The van der Waals surface area contributed by atoms with Crippen molar-refractivity contribution in [2.45, 2.75) is 12.6 Å². The highest BCUT2D eigenvalue weighted by Gasteiger charge is 2.33. The molecule has 35 heavy (non-hydrogen) atoms. The van der Waals surface area contributed by atoms with Crippen molar-refractivity contribution in [3.05, 3.63) is 102 Å². The van der Waals surface area contributed by atoms with Gasteiger partial charge >= 0.3 is 6.03 Å². The van der Waals surface area contributed by atoms with Crippen LogP contribution in [0.2, 0.25) is 0 Å². The molecule has 1 aromatic heterocycles. The highest BCUT2D eigenvalue weighted by Crippen LogP contribution is 2.38. The molecule has 2 amide bonds. The summed E-state index contributed by atoms with van der Waals surface area (Å²) in [6.45, 7) is 1.46. The van der Waals surface area contributed by atoms with Crippen molar-refractivity contribution in [3.63, 3.8) is 0 Å². The number of fused-ring (bicyclic) bond motifs is 4. The van der Waals surface area contributed by atoms with E-state index >= 15 is 0 Å². The lowest BCUT2D eigenvalue weighted by atomic mass is 10.0. The van der Waals surface area contributed by atoms with Gasteiger partial charge in [0.05, 0.1) is 25.4 Å². The third kappa shape index (κ3) is 3.85. The second-order valence-electron chi connectivity index (χ2n) is 8.52. The van der Waals surface area contributed by atoms with Crippen LogP contribution >= 0.6 is 0 Å². The van der Waals surface area contributed by atoms with Crippen molar-refractivity contribution in [1.82, 2.24) is 9.47 Å². The van der Waals surface area contributed by atoms with E-state index in [0.29, 0.717) is 36.9 Å². The Hall–Kier alpha value is -4.39. The zero-order valence-electron chi connectivity index (χ0n) is 19.3. The Labute approximate surface area is 203 Å². The van der Waals surface area contributed by atoms with Crippen molar-refractivity contribution >= 4 is 11.7 Å². The number of para-hydroxylation sites is 1. The normalized spacial score (nSPS) is 16.0. The molecular weight excluding hydrogens is 442 g/mol. The lowest BCUT2D eigenvalue weighted by molar-refractivity contribution is 0.171. The number of carbonyl (C=O) groups excluding carboxylic acids is 1. The molecular formula is C28H25N3O4. The Kier molecular flexibility index (Phi) is 5.29. The molecule has 1 atom stereocenters. The topological polar surface area (TPSA) is 65.0 Å². The minimum absolute atomic E-state index is 0.202. The number of hydrogen-bond acceptors (Lipinski definition) is 4. The van der Waals surface area contributed by atoms with Gasteiger partial charge in [0.2, 0.25) is 0 Å². The number of urea groups is 1. The number of aromatic nitrogens is 1. The standard InChI is InChI=1S/C28H25N3O4/c1-33-22-11-8-19(9-12-22)27-24-7-4-14-30(24)23-6-3-2-5-20(23)18-31(27)28(32)29-21-10-13-25-26(17-21)35-16-15-34-25/h2-14,17,27H,15-16,18H2,1H3,(H,29,32)/t27-/m1/s1. The zero-order valence-corrected chi connectivity index (χ0v) is 19.3. The summed E-state index contributed by atoms with van der Waals surface area (Å²) in [6, 6.07) is 25.1. The molecule has 0 fully saturated rings. The highest BCUT2D eigenvalue weighted by molar-refractivity contribution is 5.90. The summed E-state index contributed by atoms with van der Waals surface area (Å²) in [5.74, 6) is 2.09. The first-order chi connectivity index (χ1) is 17.2. The van der Waals surface area contributed by atoms with E-state index in [1.54, 1.807) is 7.11 Å². The van der Waals surface area contributed by atoms with E-state index < -0.39 is 0 Å². The van der Waals surface area contributed by atoms with E-state index in [4.69, 9.17) is 14.2 Å². The van der Waals surface area contributed by atoms with Gasteiger partial charge in [-0.1, -0.05) is 30.3 Å². The van der Waals surface area contributed by atoms with Crippen LogP contribution in [0.4, 0.5) is 10.5 Å². The minimum Gasteiger partial charge on any atom is -0.497 e. The summed E-state index contributed by atoms with van der Waals surface area (Å²) in [5, 5.41) is 3.08. The van der Waals surface area contributed by atoms with Gasteiger partial charge in [-0.2, -0.15) is 0 Å². The average Bonchev–Trinajstić information content (AvgIpc) is 3.33. The summed E-state index contributed by atoms with van der Waals surface area (Å²) in [7, 11) is 1.65. The summed E-state index contributed by atoms with van der Waals surface area (Å²) in [6.07, 6.45) is 2.05. The Morgan fingerprint density at radius 1 is 0.943 bits per heavy atom. The Morgan fingerprint density at radius 3 is 2.57 bits per heavy atom. The van der Waals surface area contributed by atoms with E-state index in [9.17, 15) is 4.79 Å². The van der Waals surface area contributed by atoms with Gasteiger partial charge < -0.3 is 29.0 Å². The van der Waals surface area contributed by atoms with Gasteiger partial charge in [-0.05, 0) is 53.6 Å². The van der Waals surface area contributed by atoms with Crippen molar-refractivity contribution in [1.29, 1.82) is 0 Å². The number of methoxy groups -OCH3 is 1. The minimum atomic E-state index is -0.305. The fraction of sp³-hybridized carbons (Fsp3) is 0.179. The van der Waals surface area contributed by atoms with Crippen LogP contribution in [0, 0.1) is 0 Å². The molecule has 3 heterocycles. The third-order valence-corrected chi connectivity index (χ3v) is 6.45. The second kappa shape index (κ2) is 8.76. The van der Waals surface area contributed by atoms with Crippen LogP contribution in [0.3, 0.4) is 0 Å². The number of nitrogens with zero attached hydrogens (tertiary/aromatic N) is 2. The highest BCUT2D eigenvalue weighted by atomic mass is 16.6. The molecule has 0 unspecified atom stereocenters. The maximum atomic E-state index is 13.8. The van der Waals surface area contributed by atoms with E-state index in [-0.39, 0.29) is 12.1 Å². The Bertz CT molecular complexity index is 1380. The second-order valence-corrected chi connectivity index (χ2v) is 8.52. The van der Waals surface area contributed by atoms with Crippen LogP contribution in [0.15, 0.2) is 85.1 Å². The summed E-state index contributed by atoms with van der Waals surface area (Å²) in [4.78, 5) is 15.7. The largest absolute Gasteiger partial charge is 0.497 e. The number of ether oxygens (including phenoxy) is 3. The average molecular weight is 468 g/mol. The fourth-order valence-corrected chi connectivity index (χ4v) is 4.79. The van der Waals surface area contributed by atoms with Crippen molar-refractivity contribution in [2.75, 3.05) is 25.6 Å². The van der Waals surface area contributed by atoms with E-state index in [1.165, 1.54) is 0 Å². The smallest absolute Gasteiger partial charge is 0.322 e. The zero-order chi connectivity index (χ0) is 23.8. The molecule has 7 nitrogen and oxygen atoms in total. The molecule has 0 aliphatic carbocycles. The number of nitrogens with one attached hydrogen (secondary N) is 1. The maximum absolute atomic E-state index is 13.8. The summed E-state index contributed by atoms with van der Waals surface area (Å²) >= 11 is 0. The van der Waals surface area contributed by atoms with Crippen molar-refractivity contribution in [3.8, 4) is 22.9 Å². The fourth-order valence-electron chi connectivity index (χ4n) is 4.79. The molecule has 7 heteroatoms. The van der Waals surface area contributed by atoms with Gasteiger partial charge in [-0.15, -0.1) is 0 Å². The monoisotopic (exact) mass is 467 g/mol. The third-order valence-electron chi connectivity index (χ3n) is 6.45. The number of amides is 2. The van der Waals surface area contributed by atoms with Gasteiger partial charge in [-0.25, -0.2) is 4.79 Å². The molecule has 6 rings (SSSR count). The molecule has 2 aliphatic rings. The van der Waals surface area contributed by atoms with Gasteiger partial charge in [0, 0.05) is 23.6 Å². The Balaban J connectivity index is 1.41. The maximum Gasteiger partial charge on any atom is 0.322 e. The number of carbonyl (C=O) groups is 1. The molecule has 3 aromatic carbocycles. The van der Waals surface area contributed by atoms with Crippen LogP contribution < -0.4 is 19.5 Å². The molecule has 0 radical (unpaired) electrons. The van der Waals surface area contributed by atoms with Crippen LogP contribution in [0.1, 0.15) is 22.9 Å². The summed E-state index contributed by atoms with van der Waals surface area (Å²) in [5.41, 5.74) is 4.80. The van der Waals surface area contributed by atoms with E-state index in [0.717, 1.165) is 28.3 Å². The number of anilines is 1. The number of hydrogen-bond donors (Lipinski definition) is 1. The molecule has 0 bridgehead atoms. The van der Waals surface area contributed by atoms with Crippen LogP contribution in [-0.2, 0) is 6.54 Å². The molecule has 0 saturated heterocycles. The molecule has 4 aromatic rings. The summed E-state index contributed by atoms with van der Waals surface area (Å²) < 4.78 is 18.9. The SMILES string of the molecule is COc1ccc([C@@H]2c3cccn3-c3ccccc3CN2C(=O)Nc2ccc3c(c2)OCCO3)cc1. The van der Waals surface area contributed by atoms with Gasteiger partial charge in [-0.3, -0.25) is 0 Å². The number of benzene rings is 3. The molecule has 0 saturated carbocycles. The van der Waals surface area contributed by atoms with Crippen LogP contribution in [-0.4, -0.2) is 35.8 Å². The van der Waals surface area contributed by atoms with Gasteiger partial charge in [0.25, 0.3) is 0 Å². The van der Waals surface area contributed by atoms with E-state index in [1.807, 2.05) is 71.8 Å². The quantitative estimate of drug-likeness (QED) is 0.439. The molecule has 1 N–H and O–H groups in total. The number of rotatable bonds is 3. The van der Waals surface area contributed by atoms with E-state index in [2.05, 4.69) is 28.1 Å². The van der Waals surface area contributed by atoms with Crippen LogP contribution in [0.25, 0.3) is 5.69 Å². The van der Waals surface area contributed by atoms with Gasteiger partial charge in [0.15, 0.2) is 11.5 Å². The van der Waals surface area contributed by atoms with Crippen molar-refractivity contribution in [2.24, 2.45) is 0 Å². The molecule has 2 aliphatic heterocycles. The Morgan fingerprint density at radius 2 is 1.74 bits per heavy atom. The van der Waals surface area contributed by atoms with Gasteiger partial charge in [0.1, 0.15) is 19.0 Å². The molecule has 0 spiro atoms. The lowest BCUT2D eigenvalue weighted by Gasteiger charge is -2.31. The first-order valence-electron chi connectivity index (χ1n) is 11.6. The molecule has 176 valence electrons. The van der Waals surface area contributed by atoms with Crippen LogP contribution in [0.5, 0.6) is 17.2 Å². The van der Waals surface area contributed by atoms with Crippen molar-refractivity contribution < 1.29 is 19.0 Å². The first kappa shape index (κ1) is 21.2.